The first kappa shape index (κ1) is 14.2. The van der Waals surface area contributed by atoms with E-state index >= 15 is 0 Å². The molecule has 0 aliphatic heterocycles. The lowest BCUT2D eigenvalue weighted by atomic mass is 9.96. The summed E-state index contributed by atoms with van der Waals surface area (Å²) in [7, 11) is 1.75. The van der Waals surface area contributed by atoms with Crippen LogP contribution in [0.1, 0.15) is 42.1 Å². The summed E-state index contributed by atoms with van der Waals surface area (Å²) in [5.41, 5.74) is 5.47. The summed E-state index contributed by atoms with van der Waals surface area (Å²) in [6, 6.07) is 4.93. The Kier molecular flexibility index (Phi) is 5.16. The molecule has 1 aromatic rings. The maximum atomic E-state index is 5.25. The van der Waals surface area contributed by atoms with Crippen molar-refractivity contribution in [3.8, 4) is 0 Å². The standard InChI is InChI=1S/C15H25NO/c1-10-7-12(3)15(8-11(10)2)14(5)16-9-13(4)17-6/h7-8,13-14,16H,9H2,1-6H3. The van der Waals surface area contributed by atoms with Crippen LogP contribution in [-0.2, 0) is 4.74 Å². The molecule has 2 atom stereocenters. The highest BCUT2D eigenvalue weighted by molar-refractivity contribution is 5.37. The number of benzene rings is 1. The van der Waals surface area contributed by atoms with Crippen LogP contribution in [0.25, 0.3) is 0 Å². The average Bonchev–Trinajstić information content (AvgIpc) is 2.30. The van der Waals surface area contributed by atoms with Crippen molar-refractivity contribution >= 4 is 0 Å². The maximum Gasteiger partial charge on any atom is 0.0667 e. The highest BCUT2D eigenvalue weighted by atomic mass is 16.5. The highest BCUT2D eigenvalue weighted by Gasteiger charge is 2.10. The van der Waals surface area contributed by atoms with Gasteiger partial charge in [-0.25, -0.2) is 0 Å². The first-order valence-corrected chi connectivity index (χ1v) is 6.29. The van der Waals surface area contributed by atoms with Crippen molar-refractivity contribution in [3.05, 3.63) is 34.4 Å². The second-order valence-corrected chi connectivity index (χ2v) is 4.97. The number of hydrogen-bond acceptors (Lipinski definition) is 2. The van der Waals surface area contributed by atoms with Gasteiger partial charge < -0.3 is 10.1 Å². The molecule has 2 unspecified atom stereocenters. The fraction of sp³-hybridized carbons (Fsp3) is 0.600. The van der Waals surface area contributed by atoms with Gasteiger partial charge in [0.05, 0.1) is 6.10 Å². The van der Waals surface area contributed by atoms with E-state index in [1.807, 2.05) is 0 Å². The van der Waals surface area contributed by atoms with Crippen LogP contribution in [-0.4, -0.2) is 19.8 Å². The lowest BCUT2D eigenvalue weighted by molar-refractivity contribution is 0.115. The van der Waals surface area contributed by atoms with Gasteiger partial charge in [0.1, 0.15) is 0 Å². The molecular weight excluding hydrogens is 210 g/mol. The molecular formula is C15H25NO. The van der Waals surface area contributed by atoms with Crippen LogP contribution in [0.3, 0.4) is 0 Å². The number of ether oxygens (including phenoxy) is 1. The van der Waals surface area contributed by atoms with Gasteiger partial charge in [-0.1, -0.05) is 12.1 Å². The van der Waals surface area contributed by atoms with E-state index in [1.165, 1.54) is 22.3 Å². The molecule has 2 nitrogen and oxygen atoms in total. The molecule has 2 heteroatoms. The fourth-order valence-electron chi connectivity index (χ4n) is 1.99. The topological polar surface area (TPSA) is 21.3 Å². The predicted octanol–water partition coefficient (Wildman–Crippen LogP) is 3.30. The van der Waals surface area contributed by atoms with Crippen molar-refractivity contribution in [1.82, 2.24) is 5.32 Å². The number of aryl methyl sites for hydroxylation is 3. The molecule has 1 N–H and O–H groups in total. The van der Waals surface area contributed by atoms with Gasteiger partial charge >= 0.3 is 0 Å². The molecule has 17 heavy (non-hydrogen) atoms. The van der Waals surface area contributed by atoms with E-state index in [1.54, 1.807) is 7.11 Å². The highest BCUT2D eigenvalue weighted by Crippen LogP contribution is 2.21. The molecule has 0 radical (unpaired) electrons. The largest absolute Gasteiger partial charge is 0.380 e. The van der Waals surface area contributed by atoms with E-state index in [-0.39, 0.29) is 6.10 Å². The molecule has 0 aliphatic carbocycles. The van der Waals surface area contributed by atoms with Gasteiger partial charge in [0, 0.05) is 19.7 Å². The zero-order chi connectivity index (χ0) is 13.0. The van der Waals surface area contributed by atoms with Gasteiger partial charge in [-0.05, 0) is 56.9 Å². The lowest BCUT2D eigenvalue weighted by Gasteiger charge is -2.20. The molecule has 0 fully saturated rings. The zero-order valence-electron chi connectivity index (χ0n) is 11.9. The maximum absolute atomic E-state index is 5.25. The van der Waals surface area contributed by atoms with Gasteiger partial charge in [0.2, 0.25) is 0 Å². The molecule has 0 aliphatic rings. The second kappa shape index (κ2) is 6.18. The van der Waals surface area contributed by atoms with E-state index in [9.17, 15) is 0 Å². The fourth-order valence-corrected chi connectivity index (χ4v) is 1.99. The minimum Gasteiger partial charge on any atom is -0.380 e. The number of methoxy groups -OCH3 is 1. The second-order valence-electron chi connectivity index (χ2n) is 4.97. The molecule has 96 valence electrons. The Morgan fingerprint density at radius 1 is 1.06 bits per heavy atom. The van der Waals surface area contributed by atoms with Gasteiger partial charge in [-0.2, -0.15) is 0 Å². The lowest BCUT2D eigenvalue weighted by Crippen LogP contribution is -2.28. The van der Waals surface area contributed by atoms with Crippen LogP contribution in [0.15, 0.2) is 12.1 Å². The van der Waals surface area contributed by atoms with Crippen LogP contribution in [0.4, 0.5) is 0 Å². The van der Waals surface area contributed by atoms with Gasteiger partial charge in [0.15, 0.2) is 0 Å². The third kappa shape index (κ3) is 3.83. The van der Waals surface area contributed by atoms with E-state index in [0.717, 1.165) is 6.54 Å². The predicted molar refractivity (Wildman–Crippen MR) is 73.5 cm³/mol. The molecule has 1 aromatic carbocycles. The summed E-state index contributed by atoms with van der Waals surface area (Å²) in [6.07, 6.45) is 0.254. The van der Waals surface area contributed by atoms with Crippen LogP contribution in [0, 0.1) is 20.8 Å². The summed E-state index contributed by atoms with van der Waals surface area (Å²) >= 11 is 0. The average molecular weight is 235 g/mol. The normalized spacial score (nSPS) is 14.7. The number of rotatable bonds is 5. The Morgan fingerprint density at radius 3 is 2.24 bits per heavy atom. The molecule has 0 saturated heterocycles. The first-order chi connectivity index (χ1) is 7.95. The molecule has 0 aromatic heterocycles. The summed E-state index contributed by atoms with van der Waals surface area (Å²) in [4.78, 5) is 0. The Hall–Kier alpha value is -0.860. The van der Waals surface area contributed by atoms with E-state index in [0.29, 0.717) is 6.04 Å². The van der Waals surface area contributed by atoms with Gasteiger partial charge in [-0.15, -0.1) is 0 Å². The zero-order valence-corrected chi connectivity index (χ0v) is 11.9. The van der Waals surface area contributed by atoms with Crippen molar-refractivity contribution in [1.29, 1.82) is 0 Å². The Balaban J connectivity index is 2.75. The van der Waals surface area contributed by atoms with Crippen molar-refractivity contribution in [2.45, 2.75) is 46.8 Å². The first-order valence-electron chi connectivity index (χ1n) is 6.29. The van der Waals surface area contributed by atoms with Crippen molar-refractivity contribution in [2.24, 2.45) is 0 Å². The molecule has 0 amide bonds. The molecule has 0 spiro atoms. The van der Waals surface area contributed by atoms with Crippen LogP contribution in [0.2, 0.25) is 0 Å². The van der Waals surface area contributed by atoms with Crippen molar-refractivity contribution in [2.75, 3.05) is 13.7 Å². The molecule has 0 bridgehead atoms. The van der Waals surface area contributed by atoms with Crippen molar-refractivity contribution < 1.29 is 4.74 Å². The molecule has 0 saturated carbocycles. The van der Waals surface area contributed by atoms with Crippen LogP contribution in [0.5, 0.6) is 0 Å². The van der Waals surface area contributed by atoms with Crippen LogP contribution < -0.4 is 5.32 Å². The Bertz CT molecular complexity index is 373. The van der Waals surface area contributed by atoms with E-state index in [4.69, 9.17) is 4.74 Å². The van der Waals surface area contributed by atoms with Gasteiger partial charge in [0.25, 0.3) is 0 Å². The smallest absolute Gasteiger partial charge is 0.0667 e. The molecule has 1 rings (SSSR count). The van der Waals surface area contributed by atoms with E-state index in [2.05, 4.69) is 52.1 Å². The summed E-state index contributed by atoms with van der Waals surface area (Å²) in [6.45, 7) is 11.7. The minimum atomic E-state index is 0.254. The Morgan fingerprint density at radius 2 is 1.65 bits per heavy atom. The van der Waals surface area contributed by atoms with Gasteiger partial charge in [-0.3, -0.25) is 0 Å². The number of nitrogens with one attached hydrogen (secondary N) is 1. The summed E-state index contributed by atoms with van der Waals surface area (Å²) in [5.74, 6) is 0. The monoisotopic (exact) mass is 235 g/mol. The Labute approximate surface area is 105 Å². The molecule has 0 heterocycles. The third-order valence-corrected chi connectivity index (χ3v) is 3.46. The minimum absolute atomic E-state index is 0.254. The van der Waals surface area contributed by atoms with E-state index < -0.39 is 0 Å². The number of hydrogen-bond donors (Lipinski definition) is 1. The van der Waals surface area contributed by atoms with Crippen LogP contribution >= 0.6 is 0 Å². The van der Waals surface area contributed by atoms with Crippen molar-refractivity contribution in [3.63, 3.8) is 0 Å². The summed E-state index contributed by atoms with van der Waals surface area (Å²) < 4.78 is 5.25. The quantitative estimate of drug-likeness (QED) is 0.845. The summed E-state index contributed by atoms with van der Waals surface area (Å²) in [5, 5.41) is 3.51. The SMILES string of the molecule is COC(C)CNC(C)c1cc(C)c(C)cc1C. The third-order valence-electron chi connectivity index (χ3n) is 3.46.